The number of nitrogens with zero attached hydrogens (tertiary/aromatic N) is 1. The van der Waals surface area contributed by atoms with Crippen molar-refractivity contribution in [1.82, 2.24) is 0 Å². The molecule has 20 heavy (non-hydrogen) atoms. The van der Waals surface area contributed by atoms with Gasteiger partial charge in [0.05, 0.1) is 16.6 Å². The molecule has 1 aromatic heterocycles. The maximum atomic E-state index is 7.69. The Morgan fingerprint density at radius 2 is 2.20 bits per heavy atom. The van der Waals surface area contributed by atoms with Crippen molar-refractivity contribution in [3.05, 3.63) is 44.6 Å². The number of ether oxygens (including phenoxy) is 1. The van der Waals surface area contributed by atoms with Crippen molar-refractivity contribution in [3.63, 3.8) is 0 Å². The minimum atomic E-state index is 0.0565. The first-order valence-corrected chi connectivity index (χ1v) is 7.65. The number of methoxy groups -OCH3 is 1. The Labute approximate surface area is 130 Å². The van der Waals surface area contributed by atoms with E-state index >= 15 is 0 Å². The third kappa shape index (κ3) is 3.32. The van der Waals surface area contributed by atoms with E-state index in [-0.39, 0.29) is 5.84 Å². The zero-order valence-electron chi connectivity index (χ0n) is 11.3. The van der Waals surface area contributed by atoms with Crippen LogP contribution < -0.4 is 15.4 Å². The molecule has 0 atom stereocenters. The summed E-state index contributed by atoms with van der Waals surface area (Å²) in [7, 11) is 3.61. The van der Waals surface area contributed by atoms with E-state index < -0.39 is 0 Å². The summed E-state index contributed by atoms with van der Waals surface area (Å²) >= 11 is 5.12. The van der Waals surface area contributed by atoms with Gasteiger partial charge in [-0.1, -0.05) is 0 Å². The summed E-state index contributed by atoms with van der Waals surface area (Å²) in [5.41, 5.74) is 8.46. The van der Waals surface area contributed by atoms with Crippen LogP contribution >= 0.6 is 27.3 Å². The van der Waals surface area contributed by atoms with Crippen LogP contribution in [0.2, 0.25) is 0 Å². The fourth-order valence-electron chi connectivity index (χ4n) is 1.97. The predicted molar refractivity (Wildman–Crippen MR) is 88.1 cm³/mol. The third-order valence-corrected chi connectivity index (χ3v) is 4.50. The van der Waals surface area contributed by atoms with Crippen LogP contribution in [0, 0.1) is 5.41 Å². The second kappa shape index (κ2) is 6.28. The van der Waals surface area contributed by atoms with Crippen LogP contribution in [0.4, 0.5) is 5.69 Å². The van der Waals surface area contributed by atoms with E-state index in [1.54, 1.807) is 18.4 Å². The number of nitrogen functional groups attached to an aromatic ring is 1. The zero-order chi connectivity index (χ0) is 14.7. The number of halogens is 1. The first-order chi connectivity index (χ1) is 9.51. The Kier molecular flexibility index (Phi) is 4.67. The van der Waals surface area contributed by atoms with E-state index in [9.17, 15) is 0 Å². The van der Waals surface area contributed by atoms with Crippen LogP contribution in [0.5, 0.6) is 5.75 Å². The molecule has 0 saturated heterocycles. The third-order valence-electron chi connectivity index (χ3n) is 2.95. The van der Waals surface area contributed by atoms with Gasteiger partial charge in [-0.05, 0) is 45.1 Å². The molecule has 1 aromatic carbocycles. The van der Waals surface area contributed by atoms with Crippen LogP contribution in [-0.2, 0) is 6.54 Å². The van der Waals surface area contributed by atoms with Gasteiger partial charge in [0.15, 0.2) is 0 Å². The lowest BCUT2D eigenvalue weighted by Gasteiger charge is -2.22. The first kappa shape index (κ1) is 14.9. The molecule has 106 valence electrons. The van der Waals surface area contributed by atoms with Crippen LogP contribution in [0.1, 0.15) is 11.1 Å². The lowest BCUT2D eigenvalue weighted by Crippen LogP contribution is -2.21. The fourth-order valence-corrected chi connectivity index (χ4v) is 3.17. The summed E-state index contributed by atoms with van der Waals surface area (Å²) in [5, 5.41) is 9.79. The Hall–Kier alpha value is -1.53. The normalized spacial score (nSPS) is 10.3. The van der Waals surface area contributed by atoms with Gasteiger partial charge in [0, 0.05) is 25.2 Å². The lowest BCUT2D eigenvalue weighted by atomic mass is 10.1. The van der Waals surface area contributed by atoms with Gasteiger partial charge in [-0.25, -0.2) is 0 Å². The SMILES string of the molecule is COc1ccc(C(=N)N)c(N(C)Cc2csc(Br)c2)c1. The number of benzene rings is 1. The quantitative estimate of drug-likeness (QED) is 0.639. The van der Waals surface area contributed by atoms with Gasteiger partial charge in [0.25, 0.3) is 0 Å². The number of thiophene rings is 1. The smallest absolute Gasteiger partial charge is 0.124 e. The van der Waals surface area contributed by atoms with Crippen LogP contribution in [-0.4, -0.2) is 20.0 Å². The highest BCUT2D eigenvalue weighted by Crippen LogP contribution is 2.28. The molecule has 3 N–H and O–H groups in total. The van der Waals surface area contributed by atoms with Crippen molar-refractivity contribution in [1.29, 1.82) is 5.41 Å². The standard InChI is InChI=1S/C14H16BrN3OS/c1-18(7-9-5-13(15)20-8-9)12-6-10(19-2)3-4-11(12)14(16)17/h3-6,8H,7H2,1-2H3,(H3,16,17). The zero-order valence-corrected chi connectivity index (χ0v) is 13.7. The summed E-state index contributed by atoms with van der Waals surface area (Å²) in [4.78, 5) is 2.06. The topological polar surface area (TPSA) is 62.3 Å². The first-order valence-electron chi connectivity index (χ1n) is 5.97. The molecule has 0 fully saturated rings. The largest absolute Gasteiger partial charge is 0.497 e. The monoisotopic (exact) mass is 353 g/mol. The van der Waals surface area contributed by atoms with Crippen molar-refractivity contribution in [3.8, 4) is 5.75 Å². The highest BCUT2D eigenvalue weighted by atomic mass is 79.9. The minimum absolute atomic E-state index is 0.0565. The van der Waals surface area contributed by atoms with Gasteiger partial charge >= 0.3 is 0 Å². The highest BCUT2D eigenvalue weighted by molar-refractivity contribution is 9.11. The lowest BCUT2D eigenvalue weighted by molar-refractivity contribution is 0.415. The van der Waals surface area contributed by atoms with Crippen LogP contribution in [0.25, 0.3) is 0 Å². The molecule has 0 aliphatic heterocycles. The van der Waals surface area contributed by atoms with Gasteiger partial charge < -0.3 is 15.4 Å². The molecule has 0 amide bonds. The molecule has 2 rings (SSSR count). The van der Waals surface area contributed by atoms with Crippen LogP contribution in [0.15, 0.2) is 33.4 Å². The van der Waals surface area contributed by atoms with Crippen molar-refractivity contribution in [2.24, 2.45) is 5.73 Å². The molecular formula is C14H16BrN3OS. The molecule has 0 radical (unpaired) electrons. The molecular weight excluding hydrogens is 338 g/mol. The summed E-state index contributed by atoms with van der Waals surface area (Å²) < 4.78 is 6.36. The maximum Gasteiger partial charge on any atom is 0.124 e. The van der Waals surface area contributed by atoms with Gasteiger partial charge in [-0.2, -0.15) is 0 Å². The van der Waals surface area contributed by atoms with Gasteiger partial charge in [0.1, 0.15) is 11.6 Å². The molecule has 0 bridgehead atoms. The second-order valence-electron chi connectivity index (χ2n) is 4.41. The predicted octanol–water partition coefficient (Wildman–Crippen LogP) is 3.44. The highest BCUT2D eigenvalue weighted by Gasteiger charge is 2.12. The molecule has 1 heterocycles. The Morgan fingerprint density at radius 3 is 2.75 bits per heavy atom. The van der Waals surface area contributed by atoms with E-state index in [0.717, 1.165) is 21.8 Å². The number of rotatable bonds is 5. The summed E-state index contributed by atoms with van der Waals surface area (Å²) in [6.07, 6.45) is 0. The van der Waals surface area contributed by atoms with E-state index in [0.29, 0.717) is 5.56 Å². The van der Waals surface area contributed by atoms with Crippen molar-refractivity contribution in [2.45, 2.75) is 6.54 Å². The minimum Gasteiger partial charge on any atom is -0.497 e. The summed E-state index contributed by atoms with van der Waals surface area (Å²) in [6, 6.07) is 7.62. The number of hydrogen-bond donors (Lipinski definition) is 2. The maximum absolute atomic E-state index is 7.69. The van der Waals surface area contributed by atoms with Crippen molar-refractivity contribution in [2.75, 3.05) is 19.1 Å². The van der Waals surface area contributed by atoms with E-state index in [1.807, 2.05) is 25.2 Å². The molecule has 0 unspecified atom stereocenters. The van der Waals surface area contributed by atoms with Crippen LogP contribution in [0.3, 0.4) is 0 Å². The summed E-state index contributed by atoms with van der Waals surface area (Å²) in [5.74, 6) is 0.810. The van der Waals surface area contributed by atoms with E-state index in [4.69, 9.17) is 15.9 Å². The number of nitrogens with two attached hydrogens (primary N) is 1. The molecule has 6 heteroatoms. The number of nitrogens with one attached hydrogen (secondary N) is 1. The van der Waals surface area contributed by atoms with Gasteiger partial charge in [-0.3, -0.25) is 5.41 Å². The fraction of sp³-hybridized carbons (Fsp3) is 0.214. The average molecular weight is 354 g/mol. The number of amidine groups is 1. The van der Waals surface area contributed by atoms with Gasteiger partial charge in [0.2, 0.25) is 0 Å². The molecule has 0 spiro atoms. The Balaban J connectivity index is 2.31. The molecule has 4 nitrogen and oxygen atoms in total. The summed E-state index contributed by atoms with van der Waals surface area (Å²) in [6.45, 7) is 0.746. The average Bonchev–Trinajstić information content (AvgIpc) is 2.83. The van der Waals surface area contributed by atoms with Gasteiger partial charge in [-0.15, -0.1) is 11.3 Å². The Morgan fingerprint density at radius 1 is 1.45 bits per heavy atom. The van der Waals surface area contributed by atoms with E-state index in [1.165, 1.54) is 5.56 Å². The Bertz CT molecular complexity index is 627. The molecule has 0 aliphatic carbocycles. The molecule has 0 saturated carbocycles. The second-order valence-corrected chi connectivity index (χ2v) is 6.70. The molecule has 2 aromatic rings. The van der Waals surface area contributed by atoms with E-state index in [2.05, 4.69) is 32.3 Å². The molecule has 0 aliphatic rings. The van der Waals surface area contributed by atoms with Crippen molar-refractivity contribution < 1.29 is 4.74 Å². The van der Waals surface area contributed by atoms with Crippen molar-refractivity contribution >= 4 is 38.8 Å². The number of anilines is 1. The number of hydrogen-bond acceptors (Lipinski definition) is 4.